The van der Waals surface area contributed by atoms with Gasteiger partial charge in [-0.1, -0.05) is 4.49 Å². The Labute approximate surface area is 158 Å². The van der Waals surface area contributed by atoms with Crippen LogP contribution in [0.25, 0.3) is 0 Å². The van der Waals surface area contributed by atoms with Gasteiger partial charge in [-0.05, 0) is 37.2 Å². The number of fused-ring (bicyclic) bond motifs is 4. The van der Waals surface area contributed by atoms with Gasteiger partial charge in [0.25, 0.3) is 0 Å². The SMILES string of the molecule is O=C(CN1CCC(N2CCOCC2)CC1)N1C2CCC1c1snnc1C2. The highest BCUT2D eigenvalue weighted by Gasteiger charge is 2.44. The van der Waals surface area contributed by atoms with Crippen molar-refractivity contribution in [3.05, 3.63) is 10.6 Å². The van der Waals surface area contributed by atoms with Gasteiger partial charge in [0.05, 0.1) is 36.4 Å². The monoisotopic (exact) mass is 377 g/mol. The Morgan fingerprint density at radius 1 is 1.08 bits per heavy atom. The van der Waals surface area contributed by atoms with Crippen molar-refractivity contribution in [2.75, 3.05) is 45.9 Å². The normalized spacial score (nSPS) is 30.5. The van der Waals surface area contributed by atoms with E-state index < -0.39 is 0 Å². The molecular formula is C18H27N5O2S. The number of carbonyl (C=O) groups is 1. The fourth-order valence-electron chi connectivity index (χ4n) is 5.21. The van der Waals surface area contributed by atoms with Crippen LogP contribution in [-0.2, 0) is 16.0 Å². The van der Waals surface area contributed by atoms with Crippen LogP contribution in [0.4, 0.5) is 0 Å². The number of likely N-dealkylation sites (tertiary alicyclic amines) is 1. The van der Waals surface area contributed by atoms with E-state index in [2.05, 4.69) is 24.3 Å². The highest BCUT2D eigenvalue weighted by Crippen LogP contribution is 2.44. The molecule has 1 aromatic heterocycles. The van der Waals surface area contributed by atoms with Crippen LogP contribution in [0.2, 0.25) is 0 Å². The molecule has 3 fully saturated rings. The van der Waals surface area contributed by atoms with Gasteiger partial charge in [-0.2, -0.15) is 0 Å². The zero-order chi connectivity index (χ0) is 17.5. The van der Waals surface area contributed by atoms with Gasteiger partial charge in [0.1, 0.15) is 0 Å². The molecule has 0 aliphatic carbocycles. The van der Waals surface area contributed by atoms with Crippen LogP contribution in [0.5, 0.6) is 0 Å². The third-order valence-electron chi connectivity index (χ3n) is 6.59. The molecule has 0 radical (unpaired) electrons. The number of nitrogens with zero attached hydrogens (tertiary/aromatic N) is 5. The molecule has 26 heavy (non-hydrogen) atoms. The lowest BCUT2D eigenvalue weighted by molar-refractivity contribution is -0.136. The highest BCUT2D eigenvalue weighted by molar-refractivity contribution is 7.05. The highest BCUT2D eigenvalue weighted by atomic mass is 32.1. The fourth-order valence-corrected chi connectivity index (χ4v) is 6.02. The number of aromatic nitrogens is 2. The summed E-state index contributed by atoms with van der Waals surface area (Å²) in [5, 5.41) is 4.27. The first-order chi connectivity index (χ1) is 12.8. The van der Waals surface area contributed by atoms with E-state index in [0.717, 1.165) is 64.3 Å². The van der Waals surface area contributed by atoms with Crippen molar-refractivity contribution in [1.29, 1.82) is 0 Å². The molecule has 5 heterocycles. The molecule has 0 saturated carbocycles. The molecule has 4 aliphatic rings. The zero-order valence-electron chi connectivity index (χ0n) is 15.2. The van der Waals surface area contributed by atoms with E-state index in [4.69, 9.17) is 4.74 Å². The van der Waals surface area contributed by atoms with E-state index in [1.807, 2.05) is 0 Å². The Kier molecular flexibility index (Phi) is 4.68. The van der Waals surface area contributed by atoms with Crippen LogP contribution in [0.1, 0.15) is 42.3 Å². The minimum atomic E-state index is 0.238. The Morgan fingerprint density at radius 3 is 2.69 bits per heavy atom. The van der Waals surface area contributed by atoms with E-state index >= 15 is 0 Å². The van der Waals surface area contributed by atoms with Crippen molar-refractivity contribution in [3.8, 4) is 0 Å². The summed E-state index contributed by atoms with van der Waals surface area (Å²) in [5.41, 5.74) is 1.14. The van der Waals surface area contributed by atoms with Crippen LogP contribution < -0.4 is 0 Å². The Hall–Kier alpha value is -1.09. The molecule has 3 saturated heterocycles. The topological polar surface area (TPSA) is 61.8 Å². The van der Waals surface area contributed by atoms with Gasteiger partial charge in [0.2, 0.25) is 5.91 Å². The molecule has 1 aromatic rings. The third kappa shape index (κ3) is 3.06. The molecule has 142 valence electrons. The lowest BCUT2D eigenvalue weighted by Crippen LogP contribution is -2.51. The second-order valence-electron chi connectivity index (χ2n) is 7.99. The molecule has 0 N–H and O–H groups in total. The van der Waals surface area contributed by atoms with E-state index in [0.29, 0.717) is 24.5 Å². The van der Waals surface area contributed by atoms with Crippen molar-refractivity contribution in [2.24, 2.45) is 0 Å². The predicted molar refractivity (Wildman–Crippen MR) is 98.1 cm³/mol. The summed E-state index contributed by atoms with van der Waals surface area (Å²) >= 11 is 1.48. The lowest BCUT2D eigenvalue weighted by Gasteiger charge is -2.41. The molecule has 4 aliphatic heterocycles. The van der Waals surface area contributed by atoms with Gasteiger partial charge >= 0.3 is 0 Å². The first-order valence-electron chi connectivity index (χ1n) is 9.96. The molecule has 1 amide bonds. The first-order valence-corrected chi connectivity index (χ1v) is 10.7. The minimum absolute atomic E-state index is 0.238. The van der Waals surface area contributed by atoms with Crippen LogP contribution in [0.15, 0.2) is 0 Å². The number of morpholine rings is 1. The molecule has 2 atom stereocenters. The summed E-state index contributed by atoms with van der Waals surface area (Å²) in [7, 11) is 0. The third-order valence-corrected chi connectivity index (χ3v) is 7.45. The van der Waals surface area contributed by atoms with Gasteiger partial charge in [-0.3, -0.25) is 14.6 Å². The molecule has 0 spiro atoms. The maximum absolute atomic E-state index is 13.1. The zero-order valence-corrected chi connectivity index (χ0v) is 16.0. The maximum atomic E-state index is 13.1. The molecule has 2 unspecified atom stereocenters. The van der Waals surface area contributed by atoms with E-state index in [-0.39, 0.29) is 6.04 Å². The quantitative estimate of drug-likeness (QED) is 0.781. The molecule has 7 nitrogen and oxygen atoms in total. The molecule has 2 bridgehead atoms. The number of piperidine rings is 1. The maximum Gasteiger partial charge on any atom is 0.237 e. The number of hydrogen-bond acceptors (Lipinski definition) is 7. The second kappa shape index (κ2) is 7.14. The van der Waals surface area contributed by atoms with Crippen LogP contribution >= 0.6 is 11.5 Å². The molecule has 5 rings (SSSR count). The fraction of sp³-hybridized carbons (Fsp3) is 0.833. The molecule has 0 aromatic carbocycles. The molecular weight excluding hydrogens is 350 g/mol. The average Bonchev–Trinajstić information content (AvgIpc) is 3.28. The summed E-state index contributed by atoms with van der Waals surface area (Å²) in [5.74, 6) is 0.307. The second-order valence-corrected chi connectivity index (χ2v) is 8.78. The van der Waals surface area contributed by atoms with Crippen LogP contribution in [0.3, 0.4) is 0 Å². The van der Waals surface area contributed by atoms with Gasteiger partial charge in [-0.25, -0.2) is 0 Å². The van der Waals surface area contributed by atoms with E-state index in [1.165, 1.54) is 29.3 Å². The van der Waals surface area contributed by atoms with Crippen molar-refractivity contribution in [2.45, 2.75) is 50.2 Å². The van der Waals surface area contributed by atoms with Crippen LogP contribution in [-0.4, -0.2) is 88.2 Å². The van der Waals surface area contributed by atoms with Crippen molar-refractivity contribution >= 4 is 17.4 Å². The van der Waals surface area contributed by atoms with Gasteiger partial charge in [0, 0.05) is 44.7 Å². The number of amides is 1. The molecule has 8 heteroatoms. The van der Waals surface area contributed by atoms with E-state index in [1.54, 1.807) is 0 Å². The lowest BCUT2D eigenvalue weighted by atomic mass is 10.0. The van der Waals surface area contributed by atoms with Gasteiger partial charge in [0.15, 0.2) is 0 Å². The largest absolute Gasteiger partial charge is 0.379 e. The Bertz CT molecular complexity index is 654. The van der Waals surface area contributed by atoms with Crippen molar-refractivity contribution in [3.63, 3.8) is 0 Å². The summed E-state index contributed by atoms with van der Waals surface area (Å²) in [6.45, 7) is 6.49. The Morgan fingerprint density at radius 2 is 1.88 bits per heavy atom. The predicted octanol–water partition coefficient (Wildman–Crippen LogP) is 0.923. The van der Waals surface area contributed by atoms with Gasteiger partial charge in [-0.15, -0.1) is 5.10 Å². The number of rotatable bonds is 3. The minimum Gasteiger partial charge on any atom is -0.379 e. The van der Waals surface area contributed by atoms with Crippen molar-refractivity contribution < 1.29 is 9.53 Å². The average molecular weight is 378 g/mol. The number of carbonyl (C=O) groups excluding carboxylic acids is 1. The summed E-state index contributed by atoms with van der Waals surface area (Å²) in [4.78, 5) is 21.4. The standard InChI is InChI=1S/C18H27N5O2S/c24-17(23-14-1-2-16(23)18-15(11-14)19-20-26-18)12-21-5-3-13(4-6-21)22-7-9-25-10-8-22/h13-14,16H,1-12H2. The summed E-state index contributed by atoms with van der Waals surface area (Å²) in [6.07, 6.45) is 5.42. The summed E-state index contributed by atoms with van der Waals surface area (Å²) < 4.78 is 9.58. The summed E-state index contributed by atoms with van der Waals surface area (Å²) in [6, 6.07) is 1.25. The smallest absolute Gasteiger partial charge is 0.237 e. The Balaban J connectivity index is 1.17. The first kappa shape index (κ1) is 17.0. The van der Waals surface area contributed by atoms with Gasteiger partial charge < -0.3 is 9.64 Å². The van der Waals surface area contributed by atoms with Crippen molar-refractivity contribution in [1.82, 2.24) is 24.3 Å². The number of hydrogen-bond donors (Lipinski definition) is 0. The van der Waals surface area contributed by atoms with Crippen LogP contribution in [0, 0.1) is 0 Å². The number of ether oxygens (including phenoxy) is 1. The van der Waals surface area contributed by atoms with E-state index in [9.17, 15) is 4.79 Å².